The second-order valence-corrected chi connectivity index (χ2v) is 6.65. The highest BCUT2D eigenvalue weighted by Gasteiger charge is 2.24. The molecule has 1 saturated heterocycles. The van der Waals surface area contributed by atoms with Gasteiger partial charge >= 0.3 is 0 Å². The molecule has 6 nitrogen and oxygen atoms in total. The monoisotopic (exact) mass is 388 g/mol. The second-order valence-electron chi connectivity index (χ2n) is 6.65. The molecular formula is C21H25FN2O4. The molecule has 1 aliphatic heterocycles. The van der Waals surface area contributed by atoms with Gasteiger partial charge in [0.15, 0.2) is 11.5 Å². The maximum Gasteiger partial charge on any atom is 0.251 e. The van der Waals surface area contributed by atoms with Gasteiger partial charge < -0.3 is 24.4 Å². The third-order valence-electron chi connectivity index (χ3n) is 4.86. The van der Waals surface area contributed by atoms with Gasteiger partial charge in [0.2, 0.25) is 5.75 Å². The second kappa shape index (κ2) is 8.82. The molecule has 0 saturated carbocycles. The molecule has 1 fully saturated rings. The van der Waals surface area contributed by atoms with Gasteiger partial charge in [-0.25, -0.2) is 4.39 Å². The highest BCUT2D eigenvalue weighted by Crippen LogP contribution is 2.38. The Labute approximate surface area is 164 Å². The van der Waals surface area contributed by atoms with E-state index in [-0.39, 0.29) is 17.8 Å². The van der Waals surface area contributed by atoms with E-state index < -0.39 is 0 Å². The Morgan fingerprint density at radius 3 is 2.43 bits per heavy atom. The largest absolute Gasteiger partial charge is 0.493 e. The van der Waals surface area contributed by atoms with Gasteiger partial charge in [0.25, 0.3) is 5.91 Å². The van der Waals surface area contributed by atoms with Crippen LogP contribution >= 0.6 is 0 Å². The van der Waals surface area contributed by atoms with Crippen molar-refractivity contribution in [2.45, 2.75) is 18.9 Å². The molecule has 3 rings (SSSR count). The third kappa shape index (κ3) is 4.30. The van der Waals surface area contributed by atoms with E-state index in [1.54, 1.807) is 18.2 Å². The first-order valence-corrected chi connectivity index (χ1v) is 9.17. The highest BCUT2D eigenvalue weighted by molar-refractivity contribution is 5.95. The average Bonchev–Trinajstić information content (AvgIpc) is 2.72. The normalized spacial score (nSPS) is 16.4. The van der Waals surface area contributed by atoms with Gasteiger partial charge in [0.1, 0.15) is 5.82 Å². The molecule has 7 heteroatoms. The summed E-state index contributed by atoms with van der Waals surface area (Å²) in [6, 6.07) is 9.74. The summed E-state index contributed by atoms with van der Waals surface area (Å²) in [5.74, 6) is 0.817. The molecule has 0 bridgehead atoms. The van der Waals surface area contributed by atoms with Crippen LogP contribution in [0, 0.1) is 5.82 Å². The summed E-state index contributed by atoms with van der Waals surface area (Å²) in [5, 5.41) is 3.06. The molecule has 0 aliphatic carbocycles. The van der Waals surface area contributed by atoms with Gasteiger partial charge in [-0.1, -0.05) is 6.07 Å². The molecular weight excluding hydrogens is 363 g/mol. The van der Waals surface area contributed by atoms with E-state index in [4.69, 9.17) is 14.2 Å². The zero-order chi connectivity index (χ0) is 20.1. The van der Waals surface area contributed by atoms with Gasteiger partial charge in [-0.05, 0) is 43.2 Å². The quantitative estimate of drug-likeness (QED) is 0.823. The van der Waals surface area contributed by atoms with Crippen LogP contribution in [0.4, 0.5) is 10.1 Å². The highest BCUT2D eigenvalue weighted by atomic mass is 19.1. The lowest BCUT2D eigenvalue weighted by Gasteiger charge is -2.34. The topological polar surface area (TPSA) is 60.0 Å². The molecule has 0 aromatic heterocycles. The van der Waals surface area contributed by atoms with E-state index in [2.05, 4.69) is 10.2 Å². The minimum absolute atomic E-state index is 0.0383. The van der Waals surface area contributed by atoms with E-state index in [0.717, 1.165) is 25.1 Å². The maximum absolute atomic E-state index is 13.5. The molecule has 1 amide bonds. The van der Waals surface area contributed by atoms with Crippen molar-refractivity contribution in [3.63, 3.8) is 0 Å². The summed E-state index contributed by atoms with van der Waals surface area (Å²) in [7, 11) is 4.54. The fraction of sp³-hybridized carbons (Fsp3) is 0.381. The summed E-state index contributed by atoms with van der Waals surface area (Å²) in [6.45, 7) is 1.46. The third-order valence-corrected chi connectivity index (χ3v) is 4.86. The Hall–Kier alpha value is -2.96. The summed E-state index contributed by atoms with van der Waals surface area (Å²) in [4.78, 5) is 14.9. The van der Waals surface area contributed by atoms with Crippen LogP contribution in [0.2, 0.25) is 0 Å². The summed E-state index contributed by atoms with van der Waals surface area (Å²) in [6.07, 6.45) is 1.78. The van der Waals surface area contributed by atoms with Crippen molar-refractivity contribution in [1.82, 2.24) is 5.32 Å². The number of carbonyl (C=O) groups is 1. The molecule has 1 heterocycles. The van der Waals surface area contributed by atoms with Crippen LogP contribution in [0.3, 0.4) is 0 Å². The van der Waals surface area contributed by atoms with Crippen LogP contribution in [0.1, 0.15) is 23.2 Å². The lowest BCUT2D eigenvalue weighted by molar-refractivity contribution is 0.0932. The molecule has 1 unspecified atom stereocenters. The van der Waals surface area contributed by atoms with E-state index in [1.165, 1.54) is 33.5 Å². The first-order valence-electron chi connectivity index (χ1n) is 9.17. The van der Waals surface area contributed by atoms with Crippen LogP contribution in [0.25, 0.3) is 0 Å². The van der Waals surface area contributed by atoms with Gasteiger partial charge in [-0.2, -0.15) is 0 Å². The van der Waals surface area contributed by atoms with Crippen molar-refractivity contribution < 1.29 is 23.4 Å². The molecule has 1 N–H and O–H groups in total. The number of methoxy groups -OCH3 is 3. The maximum atomic E-state index is 13.5. The van der Waals surface area contributed by atoms with Crippen LogP contribution in [-0.4, -0.2) is 46.4 Å². The summed E-state index contributed by atoms with van der Waals surface area (Å²) >= 11 is 0. The minimum Gasteiger partial charge on any atom is -0.493 e. The molecule has 150 valence electrons. The van der Waals surface area contributed by atoms with Crippen LogP contribution in [-0.2, 0) is 0 Å². The van der Waals surface area contributed by atoms with Crippen molar-refractivity contribution in [1.29, 1.82) is 0 Å². The van der Waals surface area contributed by atoms with Crippen LogP contribution in [0.15, 0.2) is 36.4 Å². The zero-order valence-electron chi connectivity index (χ0n) is 16.3. The van der Waals surface area contributed by atoms with Crippen molar-refractivity contribution in [2.75, 3.05) is 39.3 Å². The van der Waals surface area contributed by atoms with Crippen LogP contribution in [0.5, 0.6) is 17.2 Å². The molecule has 0 radical (unpaired) electrons. The number of nitrogens with one attached hydrogen (secondary N) is 1. The lowest BCUT2D eigenvalue weighted by atomic mass is 10.0. The minimum atomic E-state index is -0.263. The smallest absolute Gasteiger partial charge is 0.251 e. The fourth-order valence-electron chi connectivity index (χ4n) is 3.48. The van der Waals surface area contributed by atoms with E-state index in [1.807, 2.05) is 6.07 Å². The Morgan fingerprint density at radius 1 is 1.11 bits per heavy atom. The number of piperidine rings is 1. The number of halogens is 1. The summed E-state index contributed by atoms with van der Waals surface area (Å²) < 4.78 is 29.5. The standard InChI is InChI=1S/C21H25FN2O4/c1-26-18-10-14(11-19(27-2)20(18)28-3)21(25)23-16-7-5-9-24(13-16)17-8-4-6-15(22)12-17/h4,6,8,10-12,16H,5,7,9,13H2,1-3H3,(H,23,25). The molecule has 0 spiro atoms. The average molecular weight is 388 g/mol. The fourth-order valence-corrected chi connectivity index (χ4v) is 3.48. The number of hydrogen-bond donors (Lipinski definition) is 1. The Morgan fingerprint density at radius 2 is 1.82 bits per heavy atom. The van der Waals surface area contributed by atoms with Crippen molar-refractivity contribution in [2.24, 2.45) is 0 Å². The van der Waals surface area contributed by atoms with Gasteiger partial charge in [-0.15, -0.1) is 0 Å². The van der Waals surface area contributed by atoms with E-state index in [0.29, 0.717) is 29.4 Å². The first-order chi connectivity index (χ1) is 13.5. The number of hydrogen-bond acceptors (Lipinski definition) is 5. The molecule has 2 aromatic carbocycles. The van der Waals surface area contributed by atoms with Gasteiger partial charge in [0.05, 0.1) is 21.3 Å². The number of amides is 1. The van der Waals surface area contributed by atoms with E-state index in [9.17, 15) is 9.18 Å². The van der Waals surface area contributed by atoms with Crippen molar-refractivity contribution >= 4 is 11.6 Å². The zero-order valence-corrected chi connectivity index (χ0v) is 16.3. The predicted molar refractivity (Wildman–Crippen MR) is 105 cm³/mol. The molecule has 28 heavy (non-hydrogen) atoms. The number of anilines is 1. The van der Waals surface area contributed by atoms with E-state index >= 15 is 0 Å². The van der Waals surface area contributed by atoms with Gasteiger partial charge in [0, 0.05) is 30.4 Å². The SMILES string of the molecule is COc1cc(C(=O)NC2CCCN(c3cccc(F)c3)C2)cc(OC)c1OC. The summed E-state index contributed by atoms with van der Waals surface area (Å²) in [5.41, 5.74) is 1.25. The van der Waals surface area contributed by atoms with Gasteiger partial charge in [-0.3, -0.25) is 4.79 Å². The number of rotatable bonds is 6. The number of ether oxygens (including phenoxy) is 3. The molecule has 1 atom stereocenters. The predicted octanol–water partition coefficient (Wildman–Crippen LogP) is 3.25. The lowest BCUT2D eigenvalue weighted by Crippen LogP contribution is -2.47. The molecule has 2 aromatic rings. The Balaban J connectivity index is 1.73. The van der Waals surface area contributed by atoms with Crippen molar-refractivity contribution in [3.8, 4) is 17.2 Å². The van der Waals surface area contributed by atoms with Crippen molar-refractivity contribution in [3.05, 3.63) is 47.8 Å². The number of nitrogens with zero attached hydrogens (tertiary/aromatic N) is 1. The first kappa shape index (κ1) is 19.8. The van der Waals surface area contributed by atoms with Crippen LogP contribution < -0.4 is 24.4 Å². The molecule has 1 aliphatic rings. The number of benzene rings is 2. The Kier molecular flexibility index (Phi) is 6.23. The number of carbonyl (C=O) groups excluding carboxylic acids is 1. The Bertz CT molecular complexity index is 818.